The molecule has 3 nitrogen and oxygen atoms in total. The van der Waals surface area contributed by atoms with Crippen molar-refractivity contribution in [3.05, 3.63) is 21.7 Å². The van der Waals surface area contributed by atoms with Crippen LogP contribution in [0.25, 0.3) is 0 Å². The fraction of sp³-hybridized carbons (Fsp3) is 0.500. The average molecular weight is 322 g/mol. The van der Waals surface area contributed by atoms with E-state index in [4.69, 9.17) is 0 Å². The minimum absolute atomic E-state index is 0.134. The summed E-state index contributed by atoms with van der Waals surface area (Å²) in [6.45, 7) is 1.02. The maximum atomic E-state index is 12.9. The van der Waals surface area contributed by atoms with Gasteiger partial charge in [0.2, 0.25) is 0 Å². The Morgan fingerprint density at radius 3 is 3.13 bits per heavy atom. The Morgan fingerprint density at radius 1 is 1.67 bits per heavy atom. The van der Waals surface area contributed by atoms with Gasteiger partial charge in [0.15, 0.2) is 0 Å². The summed E-state index contributed by atoms with van der Waals surface area (Å²) in [6, 6.07) is 1.60. The molecule has 1 aliphatic rings. The predicted molar refractivity (Wildman–Crippen MR) is 64.4 cm³/mol. The maximum absolute atomic E-state index is 12.9. The van der Waals surface area contributed by atoms with Crippen LogP contribution in [-0.2, 0) is 0 Å². The van der Waals surface area contributed by atoms with Gasteiger partial charge in [0.05, 0.1) is 22.4 Å². The van der Waals surface area contributed by atoms with Gasteiger partial charge in [-0.15, -0.1) is 0 Å². The van der Waals surface area contributed by atoms with Crippen LogP contribution in [-0.4, -0.2) is 29.3 Å². The molecule has 0 bridgehead atoms. The Kier molecular flexibility index (Phi) is 3.40. The van der Waals surface area contributed by atoms with E-state index in [2.05, 4.69) is 32.5 Å². The molecule has 0 radical (unpaired) electrons. The molecule has 0 aliphatic carbocycles. The summed E-state index contributed by atoms with van der Waals surface area (Å²) in [7, 11) is 0. The topological polar surface area (TPSA) is 36.4 Å². The smallest absolute Gasteiger partial charge is 0.142 e. The standard InChI is InChI=1S/C10H12FIN2O/c11-7-4-9(12)10(13-5-7)14-3-1-2-8(14)6-15/h4-5,8,15H,1-3,6H2/t8-/m1/s1. The minimum Gasteiger partial charge on any atom is -0.394 e. The van der Waals surface area contributed by atoms with Gasteiger partial charge in [-0.3, -0.25) is 0 Å². The van der Waals surface area contributed by atoms with E-state index in [0.717, 1.165) is 28.8 Å². The number of hydrogen-bond acceptors (Lipinski definition) is 3. The van der Waals surface area contributed by atoms with Crippen LogP contribution < -0.4 is 4.90 Å². The van der Waals surface area contributed by atoms with Crippen LogP contribution in [0.15, 0.2) is 12.3 Å². The molecule has 1 aromatic heterocycles. The molecule has 1 aliphatic heterocycles. The molecule has 0 amide bonds. The second kappa shape index (κ2) is 4.61. The lowest BCUT2D eigenvalue weighted by Gasteiger charge is -2.24. The summed E-state index contributed by atoms with van der Waals surface area (Å²) in [5.74, 6) is 0.469. The summed E-state index contributed by atoms with van der Waals surface area (Å²) in [6.07, 6.45) is 3.26. The summed E-state index contributed by atoms with van der Waals surface area (Å²) in [5, 5.41) is 9.20. The Hall–Kier alpha value is -0.430. The highest BCUT2D eigenvalue weighted by Gasteiger charge is 2.26. The fourth-order valence-corrected chi connectivity index (χ4v) is 2.67. The number of hydrogen-bond donors (Lipinski definition) is 1. The lowest BCUT2D eigenvalue weighted by atomic mass is 10.2. The van der Waals surface area contributed by atoms with Crippen molar-refractivity contribution in [2.45, 2.75) is 18.9 Å². The first kappa shape index (κ1) is 11.1. The highest BCUT2D eigenvalue weighted by Crippen LogP contribution is 2.27. The molecule has 0 aromatic carbocycles. The molecule has 15 heavy (non-hydrogen) atoms. The van der Waals surface area contributed by atoms with E-state index < -0.39 is 0 Å². The molecule has 1 N–H and O–H groups in total. The number of aliphatic hydroxyl groups is 1. The molecule has 1 atom stereocenters. The summed E-state index contributed by atoms with van der Waals surface area (Å²) in [5.41, 5.74) is 0. The van der Waals surface area contributed by atoms with Crippen molar-refractivity contribution in [2.24, 2.45) is 0 Å². The molecule has 0 saturated carbocycles. The third-order valence-corrected chi connectivity index (χ3v) is 3.44. The number of nitrogens with zero attached hydrogens (tertiary/aromatic N) is 2. The minimum atomic E-state index is -0.317. The molecule has 1 fully saturated rings. The van der Waals surface area contributed by atoms with Gasteiger partial charge in [0.25, 0.3) is 0 Å². The number of aliphatic hydroxyl groups excluding tert-OH is 1. The van der Waals surface area contributed by atoms with E-state index in [1.54, 1.807) is 0 Å². The van der Waals surface area contributed by atoms with Crippen molar-refractivity contribution < 1.29 is 9.50 Å². The van der Waals surface area contributed by atoms with Crippen molar-refractivity contribution in [1.82, 2.24) is 4.98 Å². The summed E-state index contributed by atoms with van der Waals surface area (Å²) < 4.78 is 13.7. The largest absolute Gasteiger partial charge is 0.394 e. The first-order valence-corrected chi connectivity index (χ1v) is 5.99. The van der Waals surface area contributed by atoms with Crippen LogP contribution in [0.1, 0.15) is 12.8 Å². The van der Waals surface area contributed by atoms with E-state index >= 15 is 0 Å². The van der Waals surface area contributed by atoms with Crippen LogP contribution in [0, 0.1) is 9.39 Å². The number of rotatable bonds is 2. The molecule has 0 spiro atoms. The summed E-state index contributed by atoms with van der Waals surface area (Å²) >= 11 is 2.08. The van der Waals surface area contributed by atoms with Gasteiger partial charge >= 0.3 is 0 Å². The van der Waals surface area contributed by atoms with Crippen molar-refractivity contribution in [3.63, 3.8) is 0 Å². The SMILES string of the molecule is OC[C@H]1CCCN1c1ncc(F)cc1I. The quantitative estimate of drug-likeness (QED) is 0.844. The monoisotopic (exact) mass is 322 g/mol. The second-order valence-corrected chi connectivity index (χ2v) is 4.79. The predicted octanol–water partition coefficient (Wildman–Crippen LogP) is 1.79. The van der Waals surface area contributed by atoms with Crippen molar-refractivity contribution in [2.75, 3.05) is 18.1 Å². The van der Waals surface area contributed by atoms with E-state index in [-0.39, 0.29) is 18.5 Å². The van der Waals surface area contributed by atoms with E-state index in [1.165, 1.54) is 12.3 Å². The number of anilines is 1. The number of pyridine rings is 1. The first-order chi connectivity index (χ1) is 7.22. The van der Waals surface area contributed by atoms with E-state index in [0.29, 0.717) is 0 Å². The fourth-order valence-electron chi connectivity index (χ4n) is 1.92. The van der Waals surface area contributed by atoms with Gasteiger partial charge < -0.3 is 10.0 Å². The zero-order chi connectivity index (χ0) is 10.8. The molecular weight excluding hydrogens is 310 g/mol. The van der Waals surface area contributed by atoms with Gasteiger partial charge in [-0.05, 0) is 41.5 Å². The van der Waals surface area contributed by atoms with Crippen molar-refractivity contribution in [1.29, 1.82) is 0 Å². The first-order valence-electron chi connectivity index (χ1n) is 4.91. The molecule has 2 rings (SSSR count). The Bertz CT molecular complexity index is 361. The molecule has 1 aromatic rings. The zero-order valence-corrected chi connectivity index (χ0v) is 10.3. The highest BCUT2D eigenvalue weighted by molar-refractivity contribution is 14.1. The van der Waals surface area contributed by atoms with Gasteiger partial charge in [-0.25, -0.2) is 9.37 Å². The number of aromatic nitrogens is 1. The Balaban J connectivity index is 2.28. The molecule has 2 heterocycles. The van der Waals surface area contributed by atoms with E-state index in [1.807, 2.05) is 0 Å². The number of halogens is 2. The molecular formula is C10H12FIN2O. The highest BCUT2D eigenvalue weighted by atomic mass is 127. The maximum Gasteiger partial charge on any atom is 0.142 e. The van der Waals surface area contributed by atoms with Crippen molar-refractivity contribution in [3.8, 4) is 0 Å². The third kappa shape index (κ3) is 2.23. The average Bonchev–Trinajstić information content (AvgIpc) is 2.65. The van der Waals surface area contributed by atoms with Crippen molar-refractivity contribution >= 4 is 28.4 Å². The second-order valence-electron chi connectivity index (χ2n) is 3.63. The van der Waals surface area contributed by atoms with E-state index in [9.17, 15) is 9.50 Å². The van der Waals surface area contributed by atoms with Crippen LogP contribution >= 0.6 is 22.6 Å². The van der Waals surface area contributed by atoms with Crippen LogP contribution in [0.5, 0.6) is 0 Å². The van der Waals surface area contributed by atoms with Crippen LogP contribution in [0.3, 0.4) is 0 Å². The van der Waals surface area contributed by atoms with Gasteiger partial charge in [-0.2, -0.15) is 0 Å². The van der Waals surface area contributed by atoms with Crippen LogP contribution in [0.2, 0.25) is 0 Å². The normalized spacial score (nSPS) is 21.0. The zero-order valence-electron chi connectivity index (χ0n) is 8.16. The Morgan fingerprint density at radius 2 is 2.47 bits per heavy atom. The molecule has 0 unspecified atom stereocenters. The Labute approximate surface area is 101 Å². The summed E-state index contributed by atoms with van der Waals surface area (Å²) in [4.78, 5) is 6.15. The van der Waals surface area contributed by atoms with Crippen LogP contribution in [0.4, 0.5) is 10.2 Å². The molecule has 82 valence electrons. The molecule has 1 saturated heterocycles. The van der Waals surface area contributed by atoms with Gasteiger partial charge in [0, 0.05) is 6.54 Å². The molecule has 5 heteroatoms. The lowest BCUT2D eigenvalue weighted by molar-refractivity contribution is 0.266. The van der Waals surface area contributed by atoms with Gasteiger partial charge in [0.1, 0.15) is 11.6 Å². The third-order valence-electron chi connectivity index (χ3n) is 2.65. The van der Waals surface area contributed by atoms with Gasteiger partial charge in [-0.1, -0.05) is 0 Å². The lowest BCUT2D eigenvalue weighted by Crippen LogP contribution is -2.33.